The van der Waals surface area contributed by atoms with Crippen LogP contribution in [0.2, 0.25) is 0 Å². The van der Waals surface area contributed by atoms with Gasteiger partial charge in [0.1, 0.15) is 11.8 Å². The highest BCUT2D eigenvalue weighted by Crippen LogP contribution is 2.24. The summed E-state index contributed by atoms with van der Waals surface area (Å²) in [5.41, 5.74) is 1.60. The molecule has 0 saturated carbocycles. The van der Waals surface area contributed by atoms with E-state index in [2.05, 4.69) is 26.6 Å². The third kappa shape index (κ3) is 6.21. The number of nitrogens with one attached hydrogen (secondary N) is 2. The van der Waals surface area contributed by atoms with E-state index in [0.717, 1.165) is 10.0 Å². The molecule has 134 valence electrons. The molecule has 0 aliphatic heterocycles. The summed E-state index contributed by atoms with van der Waals surface area (Å²) in [5.74, 6) is 0.106. The Morgan fingerprint density at radius 3 is 2.46 bits per heavy atom. The van der Waals surface area contributed by atoms with Crippen molar-refractivity contribution in [1.82, 2.24) is 10.6 Å². The van der Waals surface area contributed by atoms with E-state index < -0.39 is 5.25 Å². The smallest absolute Gasteiger partial charge is 0.251 e. The number of carbonyl (C=O) groups is 2. The SMILES string of the molecule is N#CCNC(=O)C(CNC(=O)c1ccccc1)SCc1ccccc1Br. The first-order valence-corrected chi connectivity index (χ1v) is 9.79. The normalized spacial score (nSPS) is 11.2. The second-order valence-corrected chi connectivity index (χ2v) is 7.39. The molecule has 0 aromatic heterocycles. The second kappa shape index (κ2) is 10.6. The van der Waals surface area contributed by atoms with Gasteiger partial charge in [0.2, 0.25) is 5.91 Å². The molecule has 2 N–H and O–H groups in total. The van der Waals surface area contributed by atoms with Crippen molar-refractivity contribution in [3.63, 3.8) is 0 Å². The Labute approximate surface area is 165 Å². The van der Waals surface area contributed by atoms with Crippen molar-refractivity contribution >= 4 is 39.5 Å². The molecule has 0 radical (unpaired) electrons. The average molecular weight is 432 g/mol. The van der Waals surface area contributed by atoms with Crippen LogP contribution in [0.15, 0.2) is 59.1 Å². The predicted octanol–water partition coefficient (Wildman–Crippen LogP) is 3.12. The van der Waals surface area contributed by atoms with E-state index in [4.69, 9.17) is 5.26 Å². The van der Waals surface area contributed by atoms with Crippen LogP contribution in [0.25, 0.3) is 0 Å². The Morgan fingerprint density at radius 2 is 1.77 bits per heavy atom. The first-order valence-electron chi connectivity index (χ1n) is 7.94. The van der Waals surface area contributed by atoms with Gasteiger partial charge in [0, 0.05) is 22.3 Å². The second-order valence-electron chi connectivity index (χ2n) is 5.34. The fourth-order valence-electron chi connectivity index (χ4n) is 2.15. The molecule has 5 nitrogen and oxygen atoms in total. The Kier molecular flexibility index (Phi) is 8.19. The van der Waals surface area contributed by atoms with Crippen LogP contribution >= 0.6 is 27.7 Å². The molecule has 2 aromatic carbocycles. The van der Waals surface area contributed by atoms with E-state index in [-0.39, 0.29) is 24.9 Å². The fourth-order valence-corrected chi connectivity index (χ4v) is 3.83. The highest BCUT2D eigenvalue weighted by atomic mass is 79.9. The maximum Gasteiger partial charge on any atom is 0.251 e. The number of rotatable bonds is 8. The quantitative estimate of drug-likeness (QED) is 0.628. The summed E-state index contributed by atoms with van der Waals surface area (Å²) >= 11 is 4.91. The number of hydrogen-bond acceptors (Lipinski definition) is 4. The summed E-state index contributed by atoms with van der Waals surface area (Å²) in [7, 11) is 0. The number of amides is 2. The molecule has 0 bridgehead atoms. The average Bonchev–Trinajstić information content (AvgIpc) is 2.67. The highest BCUT2D eigenvalue weighted by molar-refractivity contribution is 9.10. The van der Waals surface area contributed by atoms with Crippen LogP contribution < -0.4 is 10.6 Å². The minimum atomic E-state index is -0.497. The van der Waals surface area contributed by atoms with Gasteiger partial charge in [-0.3, -0.25) is 9.59 Å². The lowest BCUT2D eigenvalue weighted by atomic mass is 10.2. The van der Waals surface area contributed by atoms with E-state index in [1.807, 2.05) is 36.4 Å². The van der Waals surface area contributed by atoms with Gasteiger partial charge in [0.25, 0.3) is 5.91 Å². The van der Waals surface area contributed by atoms with Crippen LogP contribution in [-0.4, -0.2) is 30.2 Å². The van der Waals surface area contributed by atoms with E-state index in [1.165, 1.54) is 11.8 Å². The van der Waals surface area contributed by atoms with Crippen LogP contribution in [-0.2, 0) is 10.5 Å². The number of nitrogens with zero attached hydrogens (tertiary/aromatic N) is 1. The summed E-state index contributed by atoms with van der Waals surface area (Å²) in [6, 6.07) is 18.5. The molecule has 0 aliphatic rings. The van der Waals surface area contributed by atoms with E-state index >= 15 is 0 Å². The minimum Gasteiger partial charge on any atom is -0.350 e. The first kappa shape index (κ1) is 20.0. The maximum atomic E-state index is 12.3. The van der Waals surface area contributed by atoms with Crippen LogP contribution in [0.3, 0.4) is 0 Å². The van der Waals surface area contributed by atoms with Crippen LogP contribution in [0.4, 0.5) is 0 Å². The topological polar surface area (TPSA) is 82.0 Å². The molecule has 0 aliphatic carbocycles. The predicted molar refractivity (Wildman–Crippen MR) is 107 cm³/mol. The van der Waals surface area contributed by atoms with E-state index in [1.54, 1.807) is 24.3 Å². The first-order chi connectivity index (χ1) is 12.6. The standard InChI is InChI=1S/C19H18BrN3O2S/c20-16-9-5-4-8-15(16)13-26-17(19(25)22-11-10-21)12-23-18(24)14-6-2-1-3-7-14/h1-9,17H,11-13H2,(H,22,25)(H,23,24). The highest BCUT2D eigenvalue weighted by Gasteiger charge is 2.20. The number of halogens is 1. The van der Waals surface area contributed by atoms with E-state index in [9.17, 15) is 9.59 Å². The number of carbonyl (C=O) groups excluding carboxylic acids is 2. The third-order valence-electron chi connectivity index (χ3n) is 3.52. The Hall–Kier alpha value is -2.30. The number of nitriles is 1. The zero-order valence-corrected chi connectivity index (χ0v) is 16.3. The molecule has 0 saturated heterocycles. The van der Waals surface area contributed by atoms with Crippen molar-refractivity contribution in [2.75, 3.05) is 13.1 Å². The molecular formula is C19H18BrN3O2S. The molecular weight excluding hydrogens is 414 g/mol. The summed E-state index contributed by atoms with van der Waals surface area (Å²) < 4.78 is 0.969. The van der Waals surface area contributed by atoms with Crippen molar-refractivity contribution in [1.29, 1.82) is 5.26 Å². The lowest BCUT2D eigenvalue weighted by Crippen LogP contribution is -2.41. The fraction of sp³-hybridized carbons (Fsp3) is 0.211. The zero-order chi connectivity index (χ0) is 18.8. The van der Waals surface area contributed by atoms with E-state index in [0.29, 0.717) is 11.3 Å². The van der Waals surface area contributed by atoms with Crippen molar-refractivity contribution < 1.29 is 9.59 Å². The molecule has 1 unspecified atom stereocenters. The number of thioether (sulfide) groups is 1. The van der Waals surface area contributed by atoms with Gasteiger partial charge in [-0.1, -0.05) is 52.3 Å². The van der Waals surface area contributed by atoms with Gasteiger partial charge in [-0.05, 0) is 23.8 Å². The van der Waals surface area contributed by atoms with Gasteiger partial charge >= 0.3 is 0 Å². The van der Waals surface area contributed by atoms with Crippen LogP contribution in [0, 0.1) is 11.3 Å². The molecule has 1 atom stereocenters. The molecule has 2 amide bonds. The van der Waals surface area contributed by atoms with Crippen molar-refractivity contribution in [3.8, 4) is 6.07 Å². The minimum absolute atomic E-state index is 0.0580. The van der Waals surface area contributed by atoms with Gasteiger partial charge in [0.15, 0.2) is 0 Å². The molecule has 0 fully saturated rings. The summed E-state index contributed by atoms with van der Waals surface area (Å²) in [6.07, 6.45) is 0. The third-order valence-corrected chi connectivity index (χ3v) is 5.55. The van der Waals surface area contributed by atoms with Gasteiger partial charge in [-0.2, -0.15) is 5.26 Å². The van der Waals surface area contributed by atoms with Crippen LogP contribution in [0.5, 0.6) is 0 Å². The molecule has 26 heavy (non-hydrogen) atoms. The Morgan fingerprint density at radius 1 is 1.08 bits per heavy atom. The number of hydrogen-bond donors (Lipinski definition) is 2. The Bertz CT molecular complexity index is 793. The van der Waals surface area contributed by atoms with Gasteiger partial charge in [-0.25, -0.2) is 0 Å². The summed E-state index contributed by atoms with van der Waals surface area (Å²) in [5, 5.41) is 13.5. The van der Waals surface area contributed by atoms with Crippen molar-refractivity contribution in [3.05, 3.63) is 70.2 Å². The van der Waals surface area contributed by atoms with Gasteiger partial charge < -0.3 is 10.6 Å². The van der Waals surface area contributed by atoms with Crippen molar-refractivity contribution in [2.24, 2.45) is 0 Å². The Balaban J connectivity index is 1.99. The molecule has 2 aromatic rings. The summed E-state index contributed by atoms with van der Waals surface area (Å²) in [6.45, 7) is 0.123. The van der Waals surface area contributed by atoms with Gasteiger partial charge in [0.05, 0.1) is 6.07 Å². The molecule has 7 heteroatoms. The maximum absolute atomic E-state index is 12.3. The monoisotopic (exact) mass is 431 g/mol. The summed E-state index contributed by atoms with van der Waals surface area (Å²) in [4.78, 5) is 24.5. The van der Waals surface area contributed by atoms with Gasteiger partial charge in [-0.15, -0.1) is 11.8 Å². The number of benzene rings is 2. The molecule has 2 rings (SSSR count). The molecule has 0 spiro atoms. The lowest BCUT2D eigenvalue weighted by Gasteiger charge is -2.17. The zero-order valence-electron chi connectivity index (χ0n) is 13.9. The van der Waals surface area contributed by atoms with Crippen molar-refractivity contribution in [2.45, 2.75) is 11.0 Å². The largest absolute Gasteiger partial charge is 0.350 e. The van der Waals surface area contributed by atoms with Crippen LogP contribution in [0.1, 0.15) is 15.9 Å². The lowest BCUT2D eigenvalue weighted by molar-refractivity contribution is -0.120. The molecule has 0 heterocycles.